The van der Waals surface area contributed by atoms with E-state index in [-0.39, 0.29) is 5.91 Å². The lowest BCUT2D eigenvalue weighted by molar-refractivity contribution is -0.121. The molecule has 0 aromatic heterocycles. The Morgan fingerprint density at radius 3 is 2.86 bits per heavy atom. The average molecular weight is 198 g/mol. The summed E-state index contributed by atoms with van der Waals surface area (Å²) in [6.07, 6.45) is 1.71. The molecule has 14 heavy (non-hydrogen) atoms. The van der Waals surface area contributed by atoms with Crippen LogP contribution in [0, 0.1) is 5.92 Å². The molecule has 0 aromatic carbocycles. The molecule has 0 radical (unpaired) electrons. The number of hydrogen-bond acceptors (Lipinski definition) is 2. The quantitative estimate of drug-likeness (QED) is 0.737. The predicted octanol–water partition coefficient (Wildman–Crippen LogP) is 1.24. The summed E-state index contributed by atoms with van der Waals surface area (Å²) in [7, 11) is 0. The van der Waals surface area contributed by atoms with E-state index in [1.54, 1.807) is 0 Å². The van der Waals surface area contributed by atoms with Crippen LogP contribution in [0.25, 0.3) is 0 Å². The third-order valence-corrected chi connectivity index (χ3v) is 2.58. The molecule has 1 rings (SSSR count). The molecular weight excluding hydrogens is 176 g/mol. The van der Waals surface area contributed by atoms with E-state index in [0.29, 0.717) is 12.5 Å². The Bertz CT molecular complexity index is 192. The summed E-state index contributed by atoms with van der Waals surface area (Å²) in [5.41, 5.74) is 0. The van der Waals surface area contributed by atoms with Crippen LogP contribution in [0.2, 0.25) is 0 Å². The van der Waals surface area contributed by atoms with Gasteiger partial charge in [0, 0.05) is 32.1 Å². The zero-order valence-corrected chi connectivity index (χ0v) is 9.55. The van der Waals surface area contributed by atoms with Crippen LogP contribution >= 0.6 is 0 Å². The molecule has 1 aliphatic rings. The second-order valence-electron chi connectivity index (χ2n) is 4.56. The van der Waals surface area contributed by atoms with Gasteiger partial charge in [-0.15, -0.1) is 0 Å². The molecule has 82 valence electrons. The van der Waals surface area contributed by atoms with Crippen LogP contribution in [0.15, 0.2) is 0 Å². The SMILES string of the molecule is CCC(=O)N[C@@H]1CCN(CC(C)C)C1. The van der Waals surface area contributed by atoms with Crippen molar-refractivity contribution in [3.05, 3.63) is 0 Å². The first-order chi connectivity index (χ1) is 6.61. The zero-order chi connectivity index (χ0) is 10.6. The maximum absolute atomic E-state index is 11.2. The van der Waals surface area contributed by atoms with Crippen molar-refractivity contribution in [3.8, 4) is 0 Å². The Kier molecular flexibility index (Phi) is 4.39. The Morgan fingerprint density at radius 1 is 1.57 bits per heavy atom. The van der Waals surface area contributed by atoms with Crippen molar-refractivity contribution in [2.45, 2.75) is 39.7 Å². The highest BCUT2D eigenvalue weighted by molar-refractivity contribution is 5.75. The fourth-order valence-electron chi connectivity index (χ4n) is 1.96. The minimum absolute atomic E-state index is 0.182. The Balaban J connectivity index is 2.23. The van der Waals surface area contributed by atoms with Gasteiger partial charge in [-0.3, -0.25) is 4.79 Å². The molecule has 0 aliphatic carbocycles. The molecular formula is C11H22N2O. The topological polar surface area (TPSA) is 32.3 Å². The lowest BCUT2D eigenvalue weighted by Gasteiger charge is -2.18. The zero-order valence-electron chi connectivity index (χ0n) is 9.55. The van der Waals surface area contributed by atoms with Crippen LogP contribution in [0.1, 0.15) is 33.6 Å². The highest BCUT2D eigenvalue weighted by atomic mass is 16.1. The summed E-state index contributed by atoms with van der Waals surface area (Å²) in [5, 5.41) is 3.05. The molecule has 1 N–H and O–H groups in total. The highest BCUT2D eigenvalue weighted by Gasteiger charge is 2.23. The summed E-state index contributed by atoms with van der Waals surface area (Å²) in [5.74, 6) is 0.900. The van der Waals surface area contributed by atoms with Crippen LogP contribution in [-0.4, -0.2) is 36.5 Å². The molecule has 1 atom stereocenters. The number of rotatable bonds is 4. The smallest absolute Gasteiger partial charge is 0.219 e. The molecule has 0 unspecified atom stereocenters. The molecule has 0 aromatic rings. The van der Waals surface area contributed by atoms with Gasteiger partial charge < -0.3 is 10.2 Å². The van der Waals surface area contributed by atoms with Gasteiger partial charge in [-0.1, -0.05) is 20.8 Å². The maximum Gasteiger partial charge on any atom is 0.219 e. The number of nitrogens with one attached hydrogen (secondary N) is 1. The first kappa shape index (κ1) is 11.5. The molecule has 0 spiro atoms. The molecule has 3 heteroatoms. The van der Waals surface area contributed by atoms with Gasteiger partial charge in [0.2, 0.25) is 5.91 Å². The van der Waals surface area contributed by atoms with E-state index in [0.717, 1.165) is 32.0 Å². The van der Waals surface area contributed by atoms with Crippen LogP contribution < -0.4 is 5.32 Å². The standard InChI is InChI=1S/C11H22N2O/c1-4-11(14)12-10-5-6-13(8-10)7-9(2)3/h9-10H,4-8H2,1-3H3,(H,12,14)/t10-/m1/s1. The number of amides is 1. The van der Waals surface area contributed by atoms with Gasteiger partial charge in [0.05, 0.1) is 0 Å². The normalized spacial score (nSPS) is 23.0. The number of hydrogen-bond donors (Lipinski definition) is 1. The van der Waals surface area contributed by atoms with E-state index in [1.807, 2.05) is 6.92 Å². The first-order valence-corrected chi connectivity index (χ1v) is 5.63. The van der Waals surface area contributed by atoms with Crippen LogP contribution in [0.4, 0.5) is 0 Å². The van der Waals surface area contributed by atoms with Crippen molar-refractivity contribution in [1.29, 1.82) is 0 Å². The van der Waals surface area contributed by atoms with Gasteiger partial charge in [-0.25, -0.2) is 0 Å². The van der Waals surface area contributed by atoms with E-state index in [9.17, 15) is 4.79 Å². The third-order valence-electron chi connectivity index (χ3n) is 2.58. The summed E-state index contributed by atoms with van der Waals surface area (Å²) in [4.78, 5) is 13.6. The first-order valence-electron chi connectivity index (χ1n) is 5.63. The summed E-state index contributed by atoms with van der Waals surface area (Å²) in [6.45, 7) is 9.68. The van der Waals surface area contributed by atoms with E-state index in [2.05, 4.69) is 24.1 Å². The van der Waals surface area contributed by atoms with Crippen molar-refractivity contribution in [2.24, 2.45) is 5.92 Å². The van der Waals surface area contributed by atoms with Gasteiger partial charge in [0.1, 0.15) is 0 Å². The minimum atomic E-state index is 0.182. The Labute approximate surface area is 86.9 Å². The second-order valence-corrected chi connectivity index (χ2v) is 4.56. The molecule has 1 aliphatic heterocycles. The van der Waals surface area contributed by atoms with Crippen molar-refractivity contribution in [1.82, 2.24) is 10.2 Å². The molecule has 0 bridgehead atoms. The minimum Gasteiger partial charge on any atom is -0.352 e. The van der Waals surface area contributed by atoms with Crippen molar-refractivity contribution < 1.29 is 4.79 Å². The lowest BCUT2D eigenvalue weighted by Crippen LogP contribution is -2.37. The molecule has 1 amide bonds. The van der Waals surface area contributed by atoms with Gasteiger partial charge in [-0.05, 0) is 12.3 Å². The predicted molar refractivity (Wildman–Crippen MR) is 58.1 cm³/mol. The summed E-state index contributed by atoms with van der Waals surface area (Å²) in [6, 6.07) is 0.390. The van der Waals surface area contributed by atoms with E-state index in [4.69, 9.17) is 0 Å². The van der Waals surface area contributed by atoms with Gasteiger partial charge in [0.15, 0.2) is 0 Å². The van der Waals surface area contributed by atoms with E-state index < -0.39 is 0 Å². The number of nitrogens with zero attached hydrogens (tertiary/aromatic N) is 1. The third kappa shape index (κ3) is 3.66. The maximum atomic E-state index is 11.2. The summed E-state index contributed by atoms with van der Waals surface area (Å²) >= 11 is 0. The van der Waals surface area contributed by atoms with Gasteiger partial charge in [-0.2, -0.15) is 0 Å². The Morgan fingerprint density at radius 2 is 2.29 bits per heavy atom. The van der Waals surface area contributed by atoms with Crippen LogP contribution in [0.3, 0.4) is 0 Å². The van der Waals surface area contributed by atoms with Gasteiger partial charge >= 0.3 is 0 Å². The number of likely N-dealkylation sites (tertiary alicyclic amines) is 1. The fourth-order valence-corrected chi connectivity index (χ4v) is 1.96. The molecule has 1 heterocycles. The molecule has 3 nitrogen and oxygen atoms in total. The van der Waals surface area contributed by atoms with Crippen molar-refractivity contribution >= 4 is 5.91 Å². The van der Waals surface area contributed by atoms with Crippen LogP contribution in [-0.2, 0) is 4.79 Å². The number of carbonyl (C=O) groups is 1. The van der Waals surface area contributed by atoms with E-state index in [1.165, 1.54) is 0 Å². The summed E-state index contributed by atoms with van der Waals surface area (Å²) < 4.78 is 0. The highest BCUT2D eigenvalue weighted by Crippen LogP contribution is 2.11. The largest absolute Gasteiger partial charge is 0.352 e. The number of carbonyl (C=O) groups excluding carboxylic acids is 1. The van der Waals surface area contributed by atoms with Crippen molar-refractivity contribution in [2.75, 3.05) is 19.6 Å². The van der Waals surface area contributed by atoms with Gasteiger partial charge in [0.25, 0.3) is 0 Å². The molecule has 0 saturated carbocycles. The van der Waals surface area contributed by atoms with Crippen molar-refractivity contribution in [3.63, 3.8) is 0 Å². The van der Waals surface area contributed by atoms with E-state index >= 15 is 0 Å². The van der Waals surface area contributed by atoms with Crippen LogP contribution in [0.5, 0.6) is 0 Å². The monoisotopic (exact) mass is 198 g/mol. The average Bonchev–Trinajstić information content (AvgIpc) is 2.51. The lowest BCUT2D eigenvalue weighted by atomic mass is 10.2. The molecule has 1 fully saturated rings. The second kappa shape index (κ2) is 5.35. The molecule has 1 saturated heterocycles. The fraction of sp³-hybridized carbons (Fsp3) is 0.909. The Hall–Kier alpha value is -0.570.